The summed E-state index contributed by atoms with van der Waals surface area (Å²) in [7, 11) is 0. The lowest BCUT2D eigenvalue weighted by atomic mass is 9.95. The Hall–Kier alpha value is -0.520. The normalized spacial score (nSPS) is 19.5. The second-order valence-corrected chi connectivity index (χ2v) is 4.06. The molecule has 96 valence electrons. The summed E-state index contributed by atoms with van der Waals surface area (Å²) in [5, 5.41) is 2.36. The monoisotopic (exact) mass is 289 g/mol. The van der Waals surface area contributed by atoms with E-state index in [-0.39, 0.29) is 24.0 Å². The molecule has 7 heteroatoms. The molecule has 1 saturated heterocycles. The highest BCUT2D eigenvalue weighted by molar-refractivity contribution is 6.30. The molecule has 0 amide bonds. The number of hydrogen-bond donors (Lipinski definition) is 1. The van der Waals surface area contributed by atoms with Gasteiger partial charge in [-0.1, -0.05) is 11.6 Å². The zero-order chi connectivity index (χ0) is 11.9. The van der Waals surface area contributed by atoms with Gasteiger partial charge in [0.2, 0.25) is 0 Å². The second kappa shape index (κ2) is 5.00. The van der Waals surface area contributed by atoms with Crippen molar-refractivity contribution < 1.29 is 17.6 Å². The molecule has 1 aliphatic rings. The van der Waals surface area contributed by atoms with Crippen LogP contribution in [0.25, 0.3) is 0 Å². The van der Waals surface area contributed by atoms with Crippen LogP contribution in [-0.4, -0.2) is 6.54 Å². The standard InChI is InChI=1S/C10H8ClF4N.ClH/c11-7-4-5(10(13,14)15)3-6(9(7)12)8-1-2-16-8;/h3-4,8,16H,1-2H2;1H/t8-;/m0./s1. The van der Waals surface area contributed by atoms with Gasteiger partial charge < -0.3 is 5.32 Å². The first-order valence-electron chi connectivity index (χ1n) is 4.69. The first-order valence-corrected chi connectivity index (χ1v) is 5.07. The minimum absolute atomic E-state index is 0. The summed E-state index contributed by atoms with van der Waals surface area (Å²) in [6, 6.07) is 1.07. The first-order chi connectivity index (χ1) is 7.39. The number of benzene rings is 1. The van der Waals surface area contributed by atoms with E-state index in [2.05, 4.69) is 5.32 Å². The van der Waals surface area contributed by atoms with Crippen molar-refractivity contribution in [2.45, 2.75) is 18.6 Å². The predicted octanol–water partition coefficient (Wildman–Crippen LogP) is 3.95. The van der Waals surface area contributed by atoms with Gasteiger partial charge in [0.15, 0.2) is 0 Å². The Labute approximate surface area is 107 Å². The van der Waals surface area contributed by atoms with Gasteiger partial charge in [0.25, 0.3) is 0 Å². The lowest BCUT2D eigenvalue weighted by molar-refractivity contribution is -0.137. The summed E-state index contributed by atoms with van der Waals surface area (Å²) >= 11 is 5.45. The predicted molar refractivity (Wildman–Crippen MR) is 59.0 cm³/mol. The Morgan fingerprint density at radius 3 is 2.29 bits per heavy atom. The van der Waals surface area contributed by atoms with Gasteiger partial charge in [-0.2, -0.15) is 13.2 Å². The van der Waals surface area contributed by atoms with Crippen molar-refractivity contribution in [3.8, 4) is 0 Å². The van der Waals surface area contributed by atoms with Crippen LogP contribution in [0.1, 0.15) is 23.6 Å². The SMILES string of the molecule is Cl.Fc1c(Cl)cc(C(F)(F)F)cc1[C@@H]1CCN1. The molecule has 1 N–H and O–H groups in total. The van der Waals surface area contributed by atoms with Crippen LogP contribution in [0.15, 0.2) is 12.1 Å². The Morgan fingerprint density at radius 2 is 1.88 bits per heavy atom. The number of nitrogens with one attached hydrogen (secondary N) is 1. The zero-order valence-corrected chi connectivity index (χ0v) is 10.0. The Kier molecular flexibility index (Phi) is 4.28. The highest BCUT2D eigenvalue weighted by atomic mass is 35.5. The molecular formula is C10H9Cl2F4N. The quantitative estimate of drug-likeness (QED) is 0.772. The van der Waals surface area contributed by atoms with E-state index in [0.717, 1.165) is 6.07 Å². The van der Waals surface area contributed by atoms with Crippen LogP contribution < -0.4 is 5.32 Å². The smallest absolute Gasteiger partial charge is 0.310 e. The topological polar surface area (TPSA) is 12.0 Å². The fraction of sp³-hybridized carbons (Fsp3) is 0.400. The molecule has 2 rings (SSSR count). The molecule has 0 aromatic heterocycles. The summed E-state index contributed by atoms with van der Waals surface area (Å²) in [5.41, 5.74) is -0.923. The van der Waals surface area contributed by atoms with Gasteiger partial charge >= 0.3 is 6.18 Å². The minimum atomic E-state index is -4.50. The van der Waals surface area contributed by atoms with Crippen LogP contribution in [0.5, 0.6) is 0 Å². The van der Waals surface area contributed by atoms with Crippen LogP contribution in [-0.2, 0) is 6.18 Å². The van der Waals surface area contributed by atoms with E-state index in [1.54, 1.807) is 0 Å². The maximum atomic E-state index is 13.5. The van der Waals surface area contributed by atoms with Crippen molar-refractivity contribution in [2.24, 2.45) is 0 Å². The summed E-state index contributed by atoms with van der Waals surface area (Å²) in [6.45, 7) is 0.679. The molecule has 1 fully saturated rings. The van der Waals surface area contributed by atoms with E-state index in [1.165, 1.54) is 0 Å². The van der Waals surface area contributed by atoms with Gasteiger partial charge in [0.1, 0.15) is 5.82 Å². The second-order valence-electron chi connectivity index (χ2n) is 3.65. The van der Waals surface area contributed by atoms with Crippen LogP contribution in [0, 0.1) is 5.82 Å². The van der Waals surface area contributed by atoms with E-state index < -0.39 is 22.6 Å². The minimum Gasteiger partial charge on any atom is -0.310 e. The molecule has 0 spiro atoms. The van der Waals surface area contributed by atoms with Gasteiger partial charge in [-0.15, -0.1) is 12.4 Å². The maximum Gasteiger partial charge on any atom is 0.416 e. The zero-order valence-electron chi connectivity index (χ0n) is 8.44. The van der Waals surface area contributed by atoms with Crippen LogP contribution in [0.3, 0.4) is 0 Å². The molecule has 1 atom stereocenters. The average Bonchev–Trinajstić information content (AvgIpc) is 2.07. The van der Waals surface area contributed by atoms with Crippen molar-refractivity contribution in [2.75, 3.05) is 6.54 Å². The molecule has 0 aliphatic carbocycles. The van der Waals surface area contributed by atoms with E-state index in [0.29, 0.717) is 19.0 Å². The van der Waals surface area contributed by atoms with E-state index >= 15 is 0 Å². The lowest BCUT2D eigenvalue weighted by Crippen LogP contribution is -2.35. The van der Waals surface area contributed by atoms with Gasteiger partial charge in [-0.3, -0.25) is 0 Å². The van der Waals surface area contributed by atoms with Gasteiger partial charge in [-0.25, -0.2) is 4.39 Å². The number of rotatable bonds is 1. The molecule has 1 heterocycles. The molecule has 0 radical (unpaired) electrons. The first kappa shape index (κ1) is 14.5. The summed E-state index contributed by atoms with van der Waals surface area (Å²) in [4.78, 5) is 0. The Bertz CT molecular complexity index is 416. The van der Waals surface area contributed by atoms with E-state index in [9.17, 15) is 17.6 Å². The maximum absolute atomic E-state index is 13.5. The summed E-state index contributed by atoms with van der Waals surface area (Å²) < 4.78 is 50.9. The van der Waals surface area contributed by atoms with Crippen molar-refractivity contribution in [3.63, 3.8) is 0 Å². The Morgan fingerprint density at radius 1 is 1.29 bits per heavy atom. The van der Waals surface area contributed by atoms with Crippen molar-refractivity contribution in [1.29, 1.82) is 0 Å². The molecule has 0 bridgehead atoms. The largest absolute Gasteiger partial charge is 0.416 e. The number of halogens is 6. The molecular weight excluding hydrogens is 281 g/mol. The van der Waals surface area contributed by atoms with Gasteiger partial charge in [-0.05, 0) is 25.1 Å². The third-order valence-electron chi connectivity index (χ3n) is 2.58. The van der Waals surface area contributed by atoms with E-state index in [4.69, 9.17) is 11.6 Å². The highest BCUT2D eigenvalue weighted by Crippen LogP contribution is 2.36. The van der Waals surface area contributed by atoms with Gasteiger partial charge in [0, 0.05) is 11.6 Å². The van der Waals surface area contributed by atoms with Crippen LogP contribution >= 0.6 is 24.0 Å². The number of hydrogen-bond acceptors (Lipinski definition) is 1. The number of alkyl halides is 3. The van der Waals surface area contributed by atoms with Crippen LogP contribution in [0.2, 0.25) is 5.02 Å². The summed E-state index contributed by atoms with van der Waals surface area (Å²) in [5.74, 6) is -0.771. The summed E-state index contributed by atoms with van der Waals surface area (Å²) in [6.07, 6.45) is -3.88. The molecule has 0 unspecified atom stereocenters. The highest BCUT2D eigenvalue weighted by Gasteiger charge is 2.34. The van der Waals surface area contributed by atoms with Crippen LogP contribution in [0.4, 0.5) is 17.6 Å². The van der Waals surface area contributed by atoms with E-state index in [1.807, 2.05) is 0 Å². The lowest BCUT2D eigenvalue weighted by Gasteiger charge is -2.29. The molecule has 1 aromatic carbocycles. The fourth-order valence-electron chi connectivity index (χ4n) is 1.58. The van der Waals surface area contributed by atoms with Crippen molar-refractivity contribution in [3.05, 3.63) is 34.1 Å². The third kappa shape index (κ3) is 2.84. The fourth-order valence-corrected chi connectivity index (χ4v) is 1.81. The average molecular weight is 290 g/mol. The Balaban J connectivity index is 0.00000144. The van der Waals surface area contributed by atoms with Crippen molar-refractivity contribution >= 4 is 24.0 Å². The molecule has 1 aliphatic heterocycles. The molecule has 1 nitrogen and oxygen atoms in total. The third-order valence-corrected chi connectivity index (χ3v) is 2.86. The molecule has 1 aromatic rings. The van der Waals surface area contributed by atoms with Gasteiger partial charge in [0.05, 0.1) is 10.6 Å². The molecule has 0 saturated carbocycles. The molecule has 17 heavy (non-hydrogen) atoms. The van der Waals surface area contributed by atoms with Crippen molar-refractivity contribution in [1.82, 2.24) is 5.32 Å².